The van der Waals surface area contributed by atoms with Gasteiger partial charge >= 0.3 is 0 Å². The minimum Gasteiger partial charge on any atom is -0.277 e. The Bertz CT molecular complexity index is 509. The molecule has 1 amide bonds. The zero-order valence-corrected chi connectivity index (χ0v) is 8.73. The van der Waals surface area contributed by atoms with Crippen LogP contribution in [0.2, 0.25) is 0 Å². The van der Waals surface area contributed by atoms with Crippen molar-refractivity contribution in [3.8, 4) is 0 Å². The molecule has 1 aromatic heterocycles. The lowest BCUT2D eigenvalue weighted by atomic mass is 10.2. The molecule has 0 spiro atoms. The quantitative estimate of drug-likeness (QED) is 0.796. The molecule has 0 saturated heterocycles. The number of benzene rings is 1. The Hall–Kier alpha value is -1.46. The molecule has 0 radical (unpaired) electrons. The predicted octanol–water partition coefficient (Wildman–Crippen LogP) is 2.33. The summed E-state index contributed by atoms with van der Waals surface area (Å²) in [7, 11) is 1.35. The molecule has 1 heterocycles. The van der Waals surface area contributed by atoms with Gasteiger partial charge in [-0.15, -0.1) is 11.3 Å². The summed E-state index contributed by atoms with van der Waals surface area (Å²) >= 11 is 1.23. The average molecular weight is 225 g/mol. The Balaban J connectivity index is 2.47. The van der Waals surface area contributed by atoms with Crippen molar-refractivity contribution in [3.05, 3.63) is 35.0 Å². The fourth-order valence-electron chi connectivity index (χ4n) is 1.28. The van der Waals surface area contributed by atoms with Crippen LogP contribution in [0, 0.1) is 5.82 Å². The SMILES string of the molecule is CONC(=O)c1cc2c(F)cccc2s1. The normalized spacial score (nSPS) is 10.5. The molecule has 2 aromatic rings. The van der Waals surface area contributed by atoms with Crippen LogP contribution in [-0.4, -0.2) is 13.0 Å². The smallest absolute Gasteiger partial charge is 0.277 e. The van der Waals surface area contributed by atoms with Gasteiger partial charge in [-0.25, -0.2) is 9.87 Å². The third-order valence-electron chi connectivity index (χ3n) is 1.93. The maximum Gasteiger partial charge on any atom is 0.284 e. The lowest BCUT2D eigenvalue weighted by molar-refractivity contribution is 0.0542. The van der Waals surface area contributed by atoms with Crippen molar-refractivity contribution in [2.75, 3.05) is 7.11 Å². The second-order valence-electron chi connectivity index (χ2n) is 2.90. The maximum absolute atomic E-state index is 13.3. The number of fused-ring (bicyclic) bond motifs is 1. The zero-order chi connectivity index (χ0) is 10.8. The third kappa shape index (κ3) is 1.84. The molecule has 2 rings (SSSR count). The van der Waals surface area contributed by atoms with Crippen LogP contribution in [-0.2, 0) is 4.84 Å². The molecule has 5 heteroatoms. The van der Waals surface area contributed by atoms with Gasteiger partial charge in [-0.05, 0) is 18.2 Å². The van der Waals surface area contributed by atoms with Gasteiger partial charge in [-0.3, -0.25) is 9.63 Å². The Morgan fingerprint density at radius 2 is 2.33 bits per heavy atom. The summed E-state index contributed by atoms with van der Waals surface area (Å²) in [5.41, 5.74) is 2.19. The summed E-state index contributed by atoms with van der Waals surface area (Å²) in [5.74, 6) is -0.682. The van der Waals surface area contributed by atoms with Gasteiger partial charge in [-0.2, -0.15) is 0 Å². The van der Waals surface area contributed by atoms with E-state index in [1.807, 2.05) is 0 Å². The fourth-order valence-corrected chi connectivity index (χ4v) is 2.24. The number of carbonyl (C=O) groups excluding carboxylic acids is 1. The van der Waals surface area contributed by atoms with Crippen molar-refractivity contribution in [1.29, 1.82) is 0 Å². The second kappa shape index (κ2) is 3.96. The van der Waals surface area contributed by atoms with E-state index >= 15 is 0 Å². The number of thiophene rings is 1. The number of hydrogen-bond donors (Lipinski definition) is 1. The highest BCUT2D eigenvalue weighted by atomic mass is 32.1. The van der Waals surface area contributed by atoms with E-state index < -0.39 is 0 Å². The van der Waals surface area contributed by atoms with Gasteiger partial charge in [0.2, 0.25) is 0 Å². The van der Waals surface area contributed by atoms with E-state index in [2.05, 4.69) is 10.3 Å². The van der Waals surface area contributed by atoms with E-state index in [9.17, 15) is 9.18 Å². The van der Waals surface area contributed by atoms with Gasteiger partial charge in [0.05, 0.1) is 12.0 Å². The summed E-state index contributed by atoms with van der Waals surface area (Å²) in [6, 6.07) is 6.27. The van der Waals surface area contributed by atoms with Gasteiger partial charge in [0.1, 0.15) is 5.82 Å². The number of amides is 1. The van der Waals surface area contributed by atoms with E-state index in [1.54, 1.807) is 12.1 Å². The van der Waals surface area contributed by atoms with Gasteiger partial charge in [0.25, 0.3) is 5.91 Å². The Morgan fingerprint density at radius 1 is 1.53 bits per heavy atom. The topological polar surface area (TPSA) is 38.3 Å². The van der Waals surface area contributed by atoms with Crippen LogP contribution in [0.15, 0.2) is 24.3 Å². The monoisotopic (exact) mass is 225 g/mol. The maximum atomic E-state index is 13.3. The summed E-state index contributed by atoms with van der Waals surface area (Å²) in [6.07, 6.45) is 0. The van der Waals surface area contributed by atoms with Crippen molar-refractivity contribution in [2.24, 2.45) is 0 Å². The van der Waals surface area contributed by atoms with Crippen LogP contribution in [0.3, 0.4) is 0 Å². The highest BCUT2D eigenvalue weighted by Gasteiger charge is 2.11. The largest absolute Gasteiger partial charge is 0.284 e. The van der Waals surface area contributed by atoms with Crippen molar-refractivity contribution in [3.63, 3.8) is 0 Å². The first kappa shape index (κ1) is 10.1. The summed E-state index contributed by atoms with van der Waals surface area (Å²) in [6.45, 7) is 0. The number of hydroxylamine groups is 1. The Kier molecular flexibility index (Phi) is 2.66. The minimum absolute atomic E-state index is 0.319. The van der Waals surface area contributed by atoms with Crippen LogP contribution < -0.4 is 5.48 Å². The first-order valence-electron chi connectivity index (χ1n) is 4.24. The molecular weight excluding hydrogens is 217 g/mol. The number of hydrogen-bond acceptors (Lipinski definition) is 3. The first-order chi connectivity index (χ1) is 7.22. The molecule has 15 heavy (non-hydrogen) atoms. The number of halogens is 1. The first-order valence-corrected chi connectivity index (χ1v) is 5.05. The summed E-state index contributed by atoms with van der Waals surface area (Å²) < 4.78 is 14.0. The molecule has 0 bridgehead atoms. The van der Waals surface area contributed by atoms with Crippen molar-refractivity contribution in [1.82, 2.24) is 5.48 Å². The van der Waals surface area contributed by atoms with E-state index in [1.165, 1.54) is 30.6 Å². The van der Waals surface area contributed by atoms with E-state index in [4.69, 9.17) is 0 Å². The van der Waals surface area contributed by atoms with Gasteiger partial charge < -0.3 is 0 Å². The fraction of sp³-hybridized carbons (Fsp3) is 0.100. The summed E-state index contributed by atoms with van der Waals surface area (Å²) in [5, 5.41) is 0.462. The molecule has 0 aliphatic rings. The van der Waals surface area contributed by atoms with Crippen LogP contribution in [0.5, 0.6) is 0 Å². The van der Waals surface area contributed by atoms with Gasteiger partial charge in [-0.1, -0.05) is 6.07 Å². The molecule has 0 fully saturated rings. The van der Waals surface area contributed by atoms with Crippen LogP contribution >= 0.6 is 11.3 Å². The highest BCUT2D eigenvalue weighted by Crippen LogP contribution is 2.27. The molecule has 0 unspecified atom stereocenters. The Labute approximate surface area is 89.4 Å². The second-order valence-corrected chi connectivity index (χ2v) is 3.98. The van der Waals surface area contributed by atoms with Gasteiger partial charge in [0.15, 0.2) is 0 Å². The van der Waals surface area contributed by atoms with E-state index in [0.29, 0.717) is 10.3 Å². The van der Waals surface area contributed by atoms with Crippen LogP contribution in [0.25, 0.3) is 10.1 Å². The molecule has 0 atom stereocenters. The highest BCUT2D eigenvalue weighted by molar-refractivity contribution is 7.20. The molecule has 78 valence electrons. The van der Waals surface area contributed by atoms with Crippen LogP contribution in [0.1, 0.15) is 9.67 Å². The molecule has 1 N–H and O–H groups in total. The van der Waals surface area contributed by atoms with Crippen LogP contribution in [0.4, 0.5) is 4.39 Å². The van der Waals surface area contributed by atoms with Gasteiger partial charge in [0, 0.05) is 10.1 Å². The molecule has 3 nitrogen and oxygen atoms in total. The van der Waals surface area contributed by atoms with Crippen molar-refractivity contribution >= 4 is 27.3 Å². The third-order valence-corrected chi connectivity index (χ3v) is 3.03. The number of carbonyl (C=O) groups is 1. The molecular formula is C10H8FNO2S. The lowest BCUT2D eigenvalue weighted by Gasteiger charge is -1.96. The molecule has 0 aliphatic carbocycles. The van der Waals surface area contributed by atoms with E-state index in [0.717, 1.165) is 4.70 Å². The molecule has 1 aromatic carbocycles. The average Bonchev–Trinajstić information content (AvgIpc) is 2.63. The zero-order valence-electron chi connectivity index (χ0n) is 7.91. The standard InChI is InChI=1S/C10H8FNO2S/c1-14-12-10(13)9-5-6-7(11)3-2-4-8(6)15-9/h2-5H,1H3,(H,12,13). The minimum atomic E-state index is -0.363. The van der Waals surface area contributed by atoms with Crippen molar-refractivity contribution < 1.29 is 14.0 Å². The molecule has 0 saturated carbocycles. The molecule has 0 aliphatic heterocycles. The van der Waals surface area contributed by atoms with E-state index in [-0.39, 0.29) is 11.7 Å². The lowest BCUT2D eigenvalue weighted by Crippen LogP contribution is -2.20. The number of rotatable bonds is 2. The van der Waals surface area contributed by atoms with Crippen molar-refractivity contribution in [2.45, 2.75) is 0 Å². The Morgan fingerprint density at radius 3 is 3.00 bits per heavy atom. The predicted molar refractivity (Wildman–Crippen MR) is 56.3 cm³/mol. The summed E-state index contributed by atoms with van der Waals surface area (Å²) in [4.78, 5) is 16.3. The number of nitrogens with one attached hydrogen (secondary N) is 1.